The van der Waals surface area contributed by atoms with E-state index < -0.39 is 0 Å². The van der Waals surface area contributed by atoms with Gasteiger partial charge in [0.2, 0.25) is 5.89 Å². The molecule has 162 valence electrons. The van der Waals surface area contributed by atoms with E-state index in [9.17, 15) is 0 Å². The number of benzene rings is 1. The molecule has 29 heavy (non-hydrogen) atoms. The molecule has 0 atom stereocenters. The SMILES string of the molecule is CCNC(=NCc1ccccc1OC(C)(C)C)NCc1noc(C(C)(C)C)n1.I. The van der Waals surface area contributed by atoms with E-state index in [-0.39, 0.29) is 35.0 Å². The second-order valence-electron chi connectivity index (χ2n) is 8.64. The van der Waals surface area contributed by atoms with Crippen molar-refractivity contribution in [2.24, 2.45) is 4.99 Å². The first-order chi connectivity index (χ1) is 13.1. The van der Waals surface area contributed by atoms with Crippen molar-refractivity contribution in [1.29, 1.82) is 0 Å². The molecule has 2 rings (SSSR count). The molecule has 0 aliphatic heterocycles. The molecule has 0 saturated carbocycles. The maximum absolute atomic E-state index is 6.05. The summed E-state index contributed by atoms with van der Waals surface area (Å²) in [5.74, 6) is 2.77. The zero-order chi connectivity index (χ0) is 20.8. The van der Waals surface area contributed by atoms with Crippen LogP contribution in [-0.2, 0) is 18.5 Å². The Hall–Kier alpha value is -1.84. The topological polar surface area (TPSA) is 84.6 Å². The average Bonchev–Trinajstić information content (AvgIpc) is 3.06. The molecule has 0 saturated heterocycles. The number of rotatable bonds is 6. The van der Waals surface area contributed by atoms with Crippen LogP contribution in [0.1, 0.15) is 65.7 Å². The molecule has 2 N–H and O–H groups in total. The van der Waals surface area contributed by atoms with Crippen LogP contribution in [0.2, 0.25) is 0 Å². The maximum atomic E-state index is 6.05. The molecule has 0 aliphatic carbocycles. The van der Waals surface area contributed by atoms with E-state index in [1.54, 1.807) is 0 Å². The Morgan fingerprint density at radius 3 is 2.38 bits per heavy atom. The number of nitrogens with zero attached hydrogens (tertiary/aromatic N) is 3. The fraction of sp³-hybridized carbons (Fsp3) is 0.571. The Kier molecular flexibility index (Phi) is 9.38. The lowest BCUT2D eigenvalue weighted by atomic mass is 9.97. The van der Waals surface area contributed by atoms with E-state index in [0.717, 1.165) is 17.9 Å². The summed E-state index contributed by atoms with van der Waals surface area (Å²) in [5.41, 5.74) is 0.608. The average molecular weight is 515 g/mol. The van der Waals surface area contributed by atoms with Crippen LogP contribution < -0.4 is 15.4 Å². The highest BCUT2D eigenvalue weighted by Gasteiger charge is 2.21. The molecule has 0 aliphatic rings. The van der Waals surface area contributed by atoms with E-state index in [1.807, 2.05) is 72.7 Å². The molecule has 0 radical (unpaired) electrons. The number of hydrogen-bond acceptors (Lipinski definition) is 5. The molecule has 1 heterocycles. The van der Waals surface area contributed by atoms with Crippen LogP contribution in [0.25, 0.3) is 0 Å². The monoisotopic (exact) mass is 515 g/mol. The van der Waals surface area contributed by atoms with Gasteiger partial charge in [-0.15, -0.1) is 24.0 Å². The van der Waals surface area contributed by atoms with Gasteiger partial charge in [-0.3, -0.25) is 0 Å². The Morgan fingerprint density at radius 2 is 1.79 bits per heavy atom. The zero-order valence-corrected chi connectivity index (χ0v) is 20.8. The van der Waals surface area contributed by atoms with E-state index >= 15 is 0 Å². The molecule has 8 heteroatoms. The predicted octanol–water partition coefficient (Wildman–Crippen LogP) is 4.42. The quantitative estimate of drug-likeness (QED) is 0.337. The Balaban J connectivity index is 0.00000420. The Bertz CT molecular complexity index is 791. The third kappa shape index (κ3) is 8.59. The van der Waals surface area contributed by atoms with Gasteiger partial charge in [0.25, 0.3) is 0 Å². The standard InChI is InChI=1S/C21H33N5O2.HI/c1-8-22-19(24-14-17-25-18(28-26-17)20(2,3)4)23-13-15-11-9-10-12-16(15)27-21(5,6)7;/h9-12H,8,13-14H2,1-7H3,(H2,22,23,24);1H. The van der Waals surface area contributed by atoms with E-state index in [2.05, 4.69) is 25.8 Å². The summed E-state index contributed by atoms with van der Waals surface area (Å²) in [5, 5.41) is 10.5. The first-order valence-electron chi connectivity index (χ1n) is 9.70. The predicted molar refractivity (Wildman–Crippen MR) is 127 cm³/mol. The molecule has 1 aromatic heterocycles. The first-order valence-corrected chi connectivity index (χ1v) is 9.70. The molecule has 0 amide bonds. The van der Waals surface area contributed by atoms with Crippen LogP contribution in [0.15, 0.2) is 33.8 Å². The van der Waals surface area contributed by atoms with Gasteiger partial charge in [-0.1, -0.05) is 44.1 Å². The molecule has 7 nitrogen and oxygen atoms in total. The minimum absolute atomic E-state index is 0. The number of nitrogens with one attached hydrogen (secondary N) is 2. The van der Waals surface area contributed by atoms with Gasteiger partial charge in [0.1, 0.15) is 11.4 Å². The summed E-state index contributed by atoms with van der Waals surface area (Å²) in [7, 11) is 0. The van der Waals surface area contributed by atoms with Crippen molar-refractivity contribution in [3.8, 4) is 5.75 Å². The number of para-hydroxylation sites is 1. The second-order valence-corrected chi connectivity index (χ2v) is 8.64. The maximum Gasteiger partial charge on any atom is 0.232 e. The molecular formula is C21H34IN5O2. The highest BCUT2D eigenvalue weighted by Crippen LogP contribution is 2.23. The van der Waals surface area contributed by atoms with E-state index in [0.29, 0.717) is 30.8 Å². The van der Waals surface area contributed by atoms with Gasteiger partial charge < -0.3 is 19.9 Å². The number of hydrogen-bond donors (Lipinski definition) is 2. The molecule has 0 spiro atoms. The molecular weight excluding hydrogens is 481 g/mol. The normalized spacial score (nSPS) is 12.3. The molecule has 0 fully saturated rings. The number of halogens is 1. The summed E-state index contributed by atoms with van der Waals surface area (Å²) in [6.07, 6.45) is 0. The van der Waals surface area contributed by atoms with Crippen molar-refractivity contribution in [2.45, 2.75) is 72.6 Å². The van der Waals surface area contributed by atoms with Gasteiger partial charge in [0.05, 0.1) is 13.1 Å². The number of aromatic nitrogens is 2. The van der Waals surface area contributed by atoms with Crippen LogP contribution in [0.3, 0.4) is 0 Å². The van der Waals surface area contributed by atoms with Crippen LogP contribution in [-0.4, -0.2) is 28.2 Å². The number of aliphatic imine (C=N–C) groups is 1. The summed E-state index contributed by atoms with van der Waals surface area (Å²) >= 11 is 0. The van der Waals surface area contributed by atoms with Crippen molar-refractivity contribution in [3.05, 3.63) is 41.5 Å². The minimum Gasteiger partial charge on any atom is -0.488 e. The minimum atomic E-state index is -0.258. The van der Waals surface area contributed by atoms with Crippen LogP contribution in [0, 0.1) is 0 Å². The summed E-state index contributed by atoms with van der Waals surface area (Å²) in [6.45, 7) is 16.0. The molecule has 2 aromatic rings. The zero-order valence-electron chi connectivity index (χ0n) is 18.5. The highest BCUT2D eigenvalue weighted by molar-refractivity contribution is 14.0. The first kappa shape index (κ1) is 25.2. The van der Waals surface area contributed by atoms with Crippen LogP contribution in [0.5, 0.6) is 5.75 Å². The van der Waals surface area contributed by atoms with Crippen molar-refractivity contribution in [2.75, 3.05) is 6.54 Å². The van der Waals surface area contributed by atoms with Crippen molar-refractivity contribution in [1.82, 2.24) is 20.8 Å². The van der Waals surface area contributed by atoms with Gasteiger partial charge >= 0.3 is 0 Å². The Labute approximate surface area is 191 Å². The Morgan fingerprint density at radius 1 is 1.10 bits per heavy atom. The second kappa shape index (κ2) is 10.8. The van der Waals surface area contributed by atoms with Crippen molar-refractivity contribution < 1.29 is 9.26 Å². The summed E-state index contributed by atoms with van der Waals surface area (Å²) < 4.78 is 11.4. The largest absolute Gasteiger partial charge is 0.488 e. The highest BCUT2D eigenvalue weighted by atomic mass is 127. The van der Waals surface area contributed by atoms with Gasteiger partial charge in [-0.2, -0.15) is 4.98 Å². The van der Waals surface area contributed by atoms with Gasteiger partial charge in [0.15, 0.2) is 11.8 Å². The van der Waals surface area contributed by atoms with Gasteiger partial charge in [-0.05, 0) is 33.8 Å². The van der Waals surface area contributed by atoms with Crippen LogP contribution in [0.4, 0.5) is 0 Å². The fourth-order valence-electron chi connectivity index (χ4n) is 2.36. The molecule has 1 aromatic carbocycles. The summed E-state index contributed by atoms with van der Waals surface area (Å²) in [6, 6.07) is 7.97. The smallest absolute Gasteiger partial charge is 0.232 e. The third-order valence-electron chi connectivity index (χ3n) is 3.66. The molecule has 0 bridgehead atoms. The number of ether oxygens (including phenoxy) is 1. The van der Waals surface area contributed by atoms with Crippen molar-refractivity contribution >= 4 is 29.9 Å². The van der Waals surface area contributed by atoms with E-state index in [1.165, 1.54) is 0 Å². The lowest BCUT2D eigenvalue weighted by molar-refractivity contribution is 0.129. The fourth-order valence-corrected chi connectivity index (χ4v) is 2.36. The van der Waals surface area contributed by atoms with Gasteiger partial charge in [-0.25, -0.2) is 4.99 Å². The lowest BCUT2D eigenvalue weighted by Crippen LogP contribution is -2.37. The van der Waals surface area contributed by atoms with Crippen molar-refractivity contribution in [3.63, 3.8) is 0 Å². The number of guanidine groups is 1. The van der Waals surface area contributed by atoms with Gasteiger partial charge in [0, 0.05) is 17.5 Å². The van der Waals surface area contributed by atoms with E-state index in [4.69, 9.17) is 9.26 Å². The van der Waals surface area contributed by atoms with Crippen LogP contribution >= 0.6 is 24.0 Å². The summed E-state index contributed by atoms with van der Waals surface area (Å²) in [4.78, 5) is 9.12. The lowest BCUT2D eigenvalue weighted by Gasteiger charge is -2.23. The molecule has 0 unspecified atom stereocenters. The third-order valence-corrected chi connectivity index (χ3v) is 3.66.